The van der Waals surface area contributed by atoms with Crippen molar-refractivity contribution in [2.24, 2.45) is 11.1 Å². The first kappa shape index (κ1) is 14.4. The summed E-state index contributed by atoms with van der Waals surface area (Å²) in [7, 11) is 0. The van der Waals surface area contributed by atoms with E-state index >= 15 is 0 Å². The molecule has 0 aromatic carbocycles. The van der Waals surface area contributed by atoms with Gasteiger partial charge in [-0.05, 0) is 19.3 Å². The second kappa shape index (κ2) is 7.51. The zero-order valence-corrected chi connectivity index (χ0v) is 11.6. The summed E-state index contributed by atoms with van der Waals surface area (Å²) < 4.78 is 0. The van der Waals surface area contributed by atoms with Crippen LogP contribution in [0.5, 0.6) is 0 Å². The monoisotopic (exact) mass is 267 g/mol. The minimum absolute atomic E-state index is 0.0810. The standard InChI is InChI=1S/C15H25NO3/c17-15(18)11-14-12-9-7-5-3-1-2-4-6-8-10-13(12)16-19-14/h12,14H,1-11H2,(H,17,18)/t12-,14+/m0/s1. The molecule has 1 aliphatic heterocycles. The van der Waals surface area contributed by atoms with E-state index in [0.29, 0.717) is 0 Å². The lowest BCUT2D eigenvalue weighted by Gasteiger charge is -2.18. The van der Waals surface area contributed by atoms with Crippen LogP contribution in [-0.4, -0.2) is 22.9 Å². The largest absolute Gasteiger partial charge is 0.481 e. The molecule has 2 atom stereocenters. The number of rotatable bonds is 2. The Morgan fingerprint density at radius 3 is 2.42 bits per heavy atom. The molecule has 19 heavy (non-hydrogen) atoms. The van der Waals surface area contributed by atoms with Gasteiger partial charge in [-0.3, -0.25) is 4.79 Å². The molecule has 0 unspecified atom stereocenters. The SMILES string of the molecule is O=C(O)C[C@H]1ON=C2CCCCCCCCCC[C@@H]21. The summed E-state index contributed by atoms with van der Waals surface area (Å²) in [6, 6.07) is 0. The van der Waals surface area contributed by atoms with Crippen LogP contribution in [0.25, 0.3) is 0 Å². The number of nitrogens with zero attached hydrogens (tertiary/aromatic N) is 1. The fourth-order valence-electron chi connectivity index (χ4n) is 3.16. The molecule has 4 heteroatoms. The first-order chi connectivity index (χ1) is 9.27. The third-order valence-electron chi connectivity index (χ3n) is 4.26. The zero-order valence-electron chi connectivity index (χ0n) is 11.6. The maximum atomic E-state index is 10.9. The highest BCUT2D eigenvalue weighted by Crippen LogP contribution is 2.29. The second-order valence-corrected chi connectivity index (χ2v) is 5.80. The molecule has 108 valence electrons. The summed E-state index contributed by atoms with van der Waals surface area (Å²) in [5.41, 5.74) is 1.12. The minimum atomic E-state index is -0.785. The smallest absolute Gasteiger partial charge is 0.307 e. The second-order valence-electron chi connectivity index (χ2n) is 5.80. The summed E-state index contributed by atoms with van der Waals surface area (Å²) in [5.74, 6) is -0.539. The van der Waals surface area contributed by atoms with Gasteiger partial charge in [0.25, 0.3) is 0 Å². The first-order valence-electron chi connectivity index (χ1n) is 7.72. The molecule has 1 saturated carbocycles. The predicted octanol–water partition coefficient (Wildman–Crippen LogP) is 3.75. The Kier molecular flexibility index (Phi) is 5.67. The fourth-order valence-corrected chi connectivity index (χ4v) is 3.16. The van der Waals surface area contributed by atoms with Gasteiger partial charge in [0.15, 0.2) is 0 Å². The lowest BCUT2D eigenvalue weighted by Crippen LogP contribution is -2.26. The molecule has 0 radical (unpaired) electrons. The van der Waals surface area contributed by atoms with E-state index in [1.807, 2.05) is 0 Å². The number of oxime groups is 1. The Bertz CT molecular complexity index is 327. The third-order valence-corrected chi connectivity index (χ3v) is 4.26. The van der Waals surface area contributed by atoms with Gasteiger partial charge in [0, 0.05) is 5.92 Å². The molecule has 0 saturated heterocycles. The number of carboxylic acid groups (broad SMARTS) is 1. The van der Waals surface area contributed by atoms with Crippen molar-refractivity contribution in [2.75, 3.05) is 0 Å². The van der Waals surface area contributed by atoms with Gasteiger partial charge in [0.1, 0.15) is 6.10 Å². The van der Waals surface area contributed by atoms with Gasteiger partial charge in [-0.1, -0.05) is 50.1 Å². The molecule has 0 aromatic heterocycles. The van der Waals surface area contributed by atoms with Crippen LogP contribution in [0.1, 0.15) is 70.6 Å². The molecule has 2 rings (SSSR count). The van der Waals surface area contributed by atoms with E-state index < -0.39 is 5.97 Å². The molecule has 1 aliphatic carbocycles. The molecule has 0 spiro atoms. The van der Waals surface area contributed by atoms with E-state index in [-0.39, 0.29) is 18.4 Å². The van der Waals surface area contributed by atoms with Crippen molar-refractivity contribution >= 4 is 11.7 Å². The van der Waals surface area contributed by atoms with E-state index in [1.54, 1.807) is 0 Å². The zero-order chi connectivity index (χ0) is 13.5. The highest BCUT2D eigenvalue weighted by atomic mass is 16.6. The third kappa shape index (κ3) is 4.51. The quantitative estimate of drug-likeness (QED) is 0.829. The summed E-state index contributed by atoms with van der Waals surface area (Å²) in [6.45, 7) is 0. The Balaban J connectivity index is 1.92. The van der Waals surface area contributed by atoms with Crippen LogP contribution < -0.4 is 0 Å². The average Bonchev–Trinajstić information content (AvgIpc) is 2.71. The van der Waals surface area contributed by atoms with Crippen LogP contribution in [0, 0.1) is 5.92 Å². The Morgan fingerprint density at radius 2 is 1.74 bits per heavy atom. The molecule has 1 heterocycles. The highest BCUT2D eigenvalue weighted by Gasteiger charge is 2.34. The number of carbonyl (C=O) groups is 1. The van der Waals surface area contributed by atoms with Gasteiger partial charge in [-0.25, -0.2) is 0 Å². The van der Waals surface area contributed by atoms with E-state index in [2.05, 4.69) is 5.16 Å². The van der Waals surface area contributed by atoms with Crippen molar-refractivity contribution in [1.82, 2.24) is 0 Å². The van der Waals surface area contributed by atoms with E-state index in [4.69, 9.17) is 9.94 Å². The van der Waals surface area contributed by atoms with Crippen LogP contribution in [0.15, 0.2) is 5.16 Å². The van der Waals surface area contributed by atoms with Gasteiger partial charge < -0.3 is 9.94 Å². The van der Waals surface area contributed by atoms with E-state index in [9.17, 15) is 4.79 Å². The first-order valence-corrected chi connectivity index (χ1v) is 7.72. The number of carboxylic acids is 1. The molecular weight excluding hydrogens is 242 g/mol. The van der Waals surface area contributed by atoms with E-state index in [0.717, 1.165) is 18.6 Å². The molecule has 0 aromatic rings. The number of aliphatic carboxylic acids is 1. The van der Waals surface area contributed by atoms with E-state index in [1.165, 1.54) is 51.4 Å². The molecule has 0 bridgehead atoms. The molecular formula is C15H25NO3. The van der Waals surface area contributed by atoms with Crippen molar-refractivity contribution in [1.29, 1.82) is 0 Å². The van der Waals surface area contributed by atoms with Gasteiger partial charge in [0.2, 0.25) is 0 Å². The summed E-state index contributed by atoms with van der Waals surface area (Å²) >= 11 is 0. The molecule has 0 amide bonds. The highest BCUT2D eigenvalue weighted by molar-refractivity contribution is 5.88. The molecule has 2 aliphatic rings. The summed E-state index contributed by atoms with van der Waals surface area (Å²) in [5, 5.41) is 13.1. The summed E-state index contributed by atoms with van der Waals surface area (Å²) in [4.78, 5) is 16.2. The average molecular weight is 267 g/mol. The van der Waals surface area contributed by atoms with Crippen molar-refractivity contribution < 1.29 is 14.7 Å². The lowest BCUT2D eigenvalue weighted by molar-refractivity contribution is -0.140. The van der Waals surface area contributed by atoms with Crippen LogP contribution in [-0.2, 0) is 9.63 Å². The van der Waals surface area contributed by atoms with Gasteiger partial charge in [-0.2, -0.15) is 0 Å². The van der Waals surface area contributed by atoms with Crippen LogP contribution >= 0.6 is 0 Å². The topological polar surface area (TPSA) is 58.9 Å². The Morgan fingerprint density at radius 1 is 1.11 bits per heavy atom. The number of fused-ring (bicyclic) bond motifs is 1. The number of hydrogen-bond acceptors (Lipinski definition) is 3. The molecule has 1 fully saturated rings. The van der Waals surface area contributed by atoms with Crippen molar-refractivity contribution in [2.45, 2.75) is 76.7 Å². The Labute approximate surface area is 115 Å². The molecule has 4 nitrogen and oxygen atoms in total. The van der Waals surface area contributed by atoms with Gasteiger partial charge >= 0.3 is 5.97 Å². The van der Waals surface area contributed by atoms with Crippen molar-refractivity contribution in [3.05, 3.63) is 0 Å². The fraction of sp³-hybridized carbons (Fsp3) is 0.867. The van der Waals surface area contributed by atoms with Gasteiger partial charge in [0.05, 0.1) is 12.1 Å². The van der Waals surface area contributed by atoms with Gasteiger partial charge in [-0.15, -0.1) is 0 Å². The van der Waals surface area contributed by atoms with Crippen LogP contribution in [0.4, 0.5) is 0 Å². The normalized spacial score (nSPS) is 29.4. The van der Waals surface area contributed by atoms with Crippen LogP contribution in [0.2, 0.25) is 0 Å². The minimum Gasteiger partial charge on any atom is -0.481 e. The molecule has 1 N–H and O–H groups in total. The maximum Gasteiger partial charge on any atom is 0.307 e. The predicted molar refractivity (Wildman–Crippen MR) is 74.2 cm³/mol. The Hall–Kier alpha value is -1.06. The van der Waals surface area contributed by atoms with Crippen molar-refractivity contribution in [3.8, 4) is 0 Å². The van der Waals surface area contributed by atoms with Crippen LogP contribution in [0.3, 0.4) is 0 Å². The maximum absolute atomic E-state index is 10.9. The lowest BCUT2D eigenvalue weighted by atomic mass is 9.86. The number of hydrogen-bond donors (Lipinski definition) is 1. The summed E-state index contributed by atoms with van der Waals surface area (Å²) in [6.07, 6.45) is 12.1. The van der Waals surface area contributed by atoms with Crippen molar-refractivity contribution in [3.63, 3.8) is 0 Å².